The number of imidazole rings is 2. The highest BCUT2D eigenvalue weighted by Crippen LogP contribution is 2.43. The zero-order chi connectivity index (χ0) is 52.2. The van der Waals surface area contributed by atoms with Crippen molar-refractivity contribution in [2.24, 2.45) is 0 Å². The fourth-order valence-electron chi connectivity index (χ4n) is 13.4. The maximum atomic E-state index is 15.2. The summed E-state index contributed by atoms with van der Waals surface area (Å²) >= 11 is 0. The van der Waals surface area contributed by atoms with Gasteiger partial charge in [-0.2, -0.15) is 0 Å². The topological polar surface area (TPSA) is 63.7 Å². The molecule has 15 rings (SSSR count). The smallest absolute Gasteiger partial charge is 0.333 e. The van der Waals surface area contributed by atoms with E-state index in [1.165, 1.54) is 44.7 Å². The first-order valence-corrected chi connectivity index (χ1v) is 27.5. The molecule has 0 saturated heterocycles. The van der Waals surface area contributed by atoms with Gasteiger partial charge in [-0.15, -0.1) is 0 Å². The van der Waals surface area contributed by atoms with Crippen LogP contribution < -0.4 is 11.4 Å². The first-order valence-electron chi connectivity index (χ1n) is 27.5. The Bertz CT molecular complexity index is 4590. The van der Waals surface area contributed by atoms with Gasteiger partial charge in [0.15, 0.2) is 0 Å². The molecule has 0 aliphatic heterocycles. The number of hydrogen-bond donors (Lipinski definition) is 0. The van der Waals surface area contributed by atoms with Crippen molar-refractivity contribution in [2.45, 2.75) is 63.8 Å². The number of fused-ring (bicyclic) bond motifs is 8. The molecule has 7 aromatic carbocycles. The third kappa shape index (κ3) is 7.12. The van der Waals surface area contributed by atoms with Crippen LogP contribution in [-0.2, 0) is 6.42 Å². The molecule has 4 aromatic heterocycles. The molecule has 78 heavy (non-hydrogen) atoms. The molecule has 11 aromatic rings. The Morgan fingerprint density at radius 3 is 1.54 bits per heavy atom. The molecule has 0 N–H and O–H groups in total. The van der Waals surface area contributed by atoms with Gasteiger partial charge in [-0.25, -0.2) is 9.59 Å². The monoisotopic (exact) mass is 1010 g/mol. The second-order valence-electron chi connectivity index (χ2n) is 21.6. The number of allylic oxidation sites excluding steroid dienone is 7. The molecule has 3 unspecified atom stereocenters. The lowest BCUT2D eigenvalue weighted by Crippen LogP contribution is -2.23. The molecule has 4 aliphatic rings. The third-order valence-corrected chi connectivity index (χ3v) is 16.9. The SMILES string of the molecule is CC1CC=Cc2c1c1ccccc1n2C1C=C(c2cccc(-n3c(=O)n(-c4cccc(-n5c(=O)n(-c6cccc(-c7cccc(-n8c9c(c%10c8C(C)CC=C%10)C=CCC9)c7)c6)c6ccccc65)c4)c4ccccc43)c2)C=CC1. The van der Waals surface area contributed by atoms with E-state index in [9.17, 15) is 0 Å². The Morgan fingerprint density at radius 2 is 0.910 bits per heavy atom. The number of hydrogen-bond acceptors (Lipinski definition) is 2. The average molecular weight is 1010 g/mol. The number of benzene rings is 7. The summed E-state index contributed by atoms with van der Waals surface area (Å²) in [6.45, 7) is 4.67. The Kier molecular flexibility index (Phi) is 10.7. The summed E-state index contributed by atoms with van der Waals surface area (Å²) in [5.41, 5.74) is 20.5. The molecule has 0 amide bonds. The van der Waals surface area contributed by atoms with Gasteiger partial charge in [-0.3, -0.25) is 18.3 Å². The zero-order valence-corrected chi connectivity index (χ0v) is 43.6. The summed E-state index contributed by atoms with van der Waals surface area (Å²) in [6.07, 6.45) is 25.8. The van der Waals surface area contributed by atoms with Crippen molar-refractivity contribution >= 4 is 56.8 Å². The zero-order valence-electron chi connectivity index (χ0n) is 43.6. The molecule has 4 aliphatic carbocycles. The maximum absolute atomic E-state index is 15.2. The minimum atomic E-state index is -0.198. The molecule has 8 heteroatoms. The summed E-state index contributed by atoms with van der Waals surface area (Å²) in [4.78, 5) is 30.3. The summed E-state index contributed by atoms with van der Waals surface area (Å²) in [5, 5.41) is 1.34. The van der Waals surface area contributed by atoms with Crippen LogP contribution in [0.15, 0.2) is 216 Å². The van der Waals surface area contributed by atoms with E-state index < -0.39 is 0 Å². The van der Waals surface area contributed by atoms with Gasteiger partial charge < -0.3 is 9.13 Å². The van der Waals surface area contributed by atoms with E-state index in [1.54, 1.807) is 9.13 Å². The van der Waals surface area contributed by atoms with Gasteiger partial charge in [0, 0.05) is 50.7 Å². The van der Waals surface area contributed by atoms with Crippen LogP contribution in [0.3, 0.4) is 0 Å². The Balaban J connectivity index is 0.791. The van der Waals surface area contributed by atoms with E-state index in [0.717, 1.165) is 93.5 Å². The molecule has 378 valence electrons. The second-order valence-corrected chi connectivity index (χ2v) is 21.6. The molecule has 0 bridgehead atoms. The lowest BCUT2D eigenvalue weighted by atomic mass is 9.90. The van der Waals surface area contributed by atoms with Gasteiger partial charge in [-0.1, -0.05) is 147 Å². The Hall–Kier alpha value is -9.40. The molecular weight excluding hydrogens is 957 g/mol. The van der Waals surface area contributed by atoms with Crippen molar-refractivity contribution in [2.75, 3.05) is 0 Å². The number of para-hydroxylation sites is 5. The van der Waals surface area contributed by atoms with Crippen molar-refractivity contribution in [1.29, 1.82) is 0 Å². The van der Waals surface area contributed by atoms with Crippen molar-refractivity contribution in [3.05, 3.63) is 267 Å². The van der Waals surface area contributed by atoms with Crippen LogP contribution in [0.25, 0.3) is 96.3 Å². The fraction of sp³-hybridized carbons (Fsp3) is 0.143. The van der Waals surface area contributed by atoms with Crippen LogP contribution in [0.4, 0.5) is 0 Å². The van der Waals surface area contributed by atoms with E-state index in [4.69, 9.17) is 0 Å². The van der Waals surface area contributed by atoms with Gasteiger partial charge >= 0.3 is 11.4 Å². The van der Waals surface area contributed by atoms with Crippen molar-refractivity contribution < 1.29 is 0 Å². The molecule has 0 fully saturated rings. The number of aromatic nitrogens is 6. The highest BCUT2D eigenvalue weighted by atomic mass is 16.2. The Morgan fingerprint density at radius 1 is 0.423 bits per heavy atom. The van der Waals surface area contributed by atoms with Gasteiger partial charge in [-0.05, 0) is 157 Å². The highest BCUT2D eigenvalue weighted by Gasteiger charge is 2.29. The predicted molar refractivity (Wildman–Crippen MR) is 320 cm³/mol. The number of rotatable bonds is 8. The average Bonchev–Trinajstić information content (AvgIpc) is 4.42. The summed E-state index contributed by atoms with van der Waals surface area (Å²) in [7, 11) is 0. The quantitative estimate of drug-likeness (QED) is 0.152. The van der Waals surface area contributed by atoms with Crippen molar-refractivity contribution in [3.63, 3.8) is 0 Å². The van der Waals surface area contributed by atoms with Crippen LogP contribution in [0.2, 0.25) is 0 Å². The van der Waals surface area contributed by atoms with E-state index >= 15 is 9.59 Å². The maximum Gasteiger partial charge on any atom is 0.338 e. The van der Waals surface area contributed by atoms with Crippen molar-refractivity contribution in [3.8, 4) is 39.6 Å². The second kappa shape index (κ2) is 18.1. The van der Waals surface area contributed by atoms with Crippen LogP contribution in [-0.4, -0.2) is 27.4 Å². The summed E-state index contributed by atoms with van der Waals surface area (Å²) in [5.74, 6) is 0.868. The summed E-state index contributed by atoms with van der Waals surface area (Å²) < 4.78 is 12.2. The molecular formula is C70H56N6O2. The van der Waals surface area contributed by atoms with Crippen LogP contribution in [0.5, 0.6) is 0 Å². The Labute approximate surface area is 452 Å². The minimum absolute atomic E-state index is 0.135. The minimum Gasteiger partial charge on any atom is -0.333 e. The summed E-state index contributed by atoms with van der Waals surface area (Å²) in [6, 6.07) is 58.1. The van der Waals surface area contributed by atoms with Gasteiger partial charge in [0.05, 0.1) is 50.9 Å². The largest absolute Gasteiger partial charge is 0.338 e. The molecule has 4 heterocycles. The standard InChI is InChI=1S/C70H56N6O2/c1-45-18-12-39-66-67(45)59-31-4-6-34-61(59)71(66)51-24-13-20-47(40-51)49-22-15-26-53(42-49)73-62-35-7-9-37-64(62)75(69(73)77)55-28-17-29-56(44-55)76-65-38-10-8-36-63(65)74(70(76)78)54-27-16-23-50(43-54)48-21-14-25-52(41-48)72-60-33-5-3-30-57(60)58-32-11-19-46(2)68(58)72/h3-4,6-17,20-23,25-32,34-46,51H,5,18-19,24,33H2,1-2H3. The first-order chi connectivity index (χ1) is 38.4. The molecule has 8 nitrogen and oxygen atoms in total. The molecule has 0 saturated carbocycles. The first kappa shape index (κ1) is 45.9. The van der Waals surface area contributed by atoms with E-state index in [1.807, 2.05) is 106 Å². The predicted octanol–water partition coefficient (Wildman–Crippen LogP) is 15.9. The molecule has 3 atom stereocenters. The molecule has 0 spiro atoms. The lowest BCUT2D eigenvalue weighted by Gasteiger charge is -2.24. The van der Waals surface area contributed by atoms with Gasteiger partial charge in [0.1, 0.15) is 0 Å². The highest BCUT2D eigenvalue weighted by molar-refractivity contribution is 5.91. The van der Waals surface area contributed by atoms with Crippen LogP contribution in [0, 0.1) is 0 Å². The fourth-order valence-corrected chi connectivity index (χ4v) is 13.4. The van der Waals surface area contributed by atoms with E-state index in [-0.39, 0.29) is 17.4 Å². The van der Waals surface area contributed by atoms with E-state index in [2.05, 4.69) is 150 Å². The van der Waals surface area contributed by atoms with E-state index in [0.29, 0.717) is 23.2 Å². The van der Waals surface area contributed by atoms with Crippen LogP contribution >= 0.6 is 0 Å². The van der Waals surface area contributed by atoms with Gasteiger partial charge in [0.2, 0.25) is 0 Å². The lowest BCUT2D eigenvalue weighted by molar-refractivity contribution is 0.618. The normalized spacial score (nSPS) is 17.5. The number of nitrogens with zero attached hydrogens (tertiary/aromatic N) is 6. The van der Waals surface area contributed by atoms with Crippen LogP contribution in [0.1, 0.15) is 96.7 Å². The van der Waals surface area contributed by atoms with Crippen molar-refractivity contribution in [1.82, 2.24) is 27.4 Å². The molecule has 0 radical (unpaired) electrons. The third-order valence-electron chi connectivity index (χ3n) is 16.9. The van der Waals surface area contributed by atoms with Gasteiger partial charge in [0.25, 0.3) is 0 Å².